The number of pyridine rings is 1. The maximum Gasteiger partial charge on any atom is 0.280 e. The van der Waals surface area contributed by atoms with Crippen LogP contribution in [0.25, 0.3) is 21.8 Å². The molecule has 0 aliphatic heterocycles. The molecule has 6 nitrogen and oxygen atoms in total. The van der Waals surface area contributed by atoms with Gasteiger partial charge in [0.2, 0.25) is 0 Å². The summed E-state index contributed by atoms with van der Waals surface area (Å²) in [5.41, 5.74) is 2.38. The van der Waals surface area contributed by atoms with Crippen LogP contribution in [0, 0.1) is 10.1 Å². The van der Waals surface area contributed by atoms with Crippen molar-refractivity contribution < 1.29 is 4.92 Å². The van der Waals surface area contributed by atoms with Crippen molar-refractivity contribution >= 4 is 58.0 Å². The summed E-state index contributed by atoms with van der Waals surface area (Å²) < 4.78 is 0. The molecule has 28 heavy (non-hydrogen) atoms. The Kier molecular flexibility index (Phi) is 9.38. The molecule has 2 aromatic carbocycles. The molecule has 152 valence electrons. The molecule has 0 amide bonds. The Labute approximate surface area is 177 Å². The molecule has 1 aromatic heterocycles. The minimum Gasteiger partial charge on any atom is -0.384 e. The molecule has 0 fully saturated rings. The first kappa shape index (κ1) is 23.9. The van der Waals surface area contributed by atoms with E-state index in [1.165, 1.54) is 0 Å². The zero-order valence-electron chi connectivity index (χ0n) is 16.1. The Hall–Kier alpha value is -2.15. The molecule has 0 saturated heterocycles. The Morgan fingerprint density at radius 2 is 1.71 bits per heavy atom. The van der Waals surface area contributed by atoms with Crippen molar-refractivity contribution in [3.05, 3.63) is 52.6 Å². The molecule has 0 unspecified atom stereocenters. The molecule has 3 rings (SSSR count). The second-order valence-corrected chi connectivity index (χ2v) is 6.24. The van der Waals surface area contributed by atoms with Gasteiger partial charge in [0.25, 0.3) is 5.69 Å². The summed E-state index contributed by atoms with van der Waals surface area (Å²) in [5.74, 6) is 0. The van der Waals surface area contributed by atoms with Crippen molar-refractivity contribution in [1.29, 1.82) is 0 Å². The number of nitrogens with zero attached hydrogens (tertiary/aromatic N) is 3. The number of nitro groups is 1. The van der Waals surface area contributed by atoms with E-state index in [1.807, 2.05) is 30.3 Å². The Bertz CT molecular complexity index is 933. The SMILES string of the molecule is CCN(CC)CCCNc1c2ccccc2nc2cccc([N+](=O)[O-])c12.Cl.Cl. The highest BCUT2D eigenvalue weighted by atomic mass is 35.5. The minimum atomic E-state index is -0.333. The van der Waals surface area contributed by atoms with E-state index in [-0.39, 0.29) is 35.4 Å². The summed E-state index contributed by atoms with van der Waals surface area (Å²) in [7, 11) is 0. The third-order valence-electron chi connectivity index (χ3n) is 4.73. The van der Waals surface area contributed by atoms with Gasteiger partial charge in [0, 0.05) is 18.0 Å². The molecule has 1 N–H and O–H groups in total. The van der Waals surface area contributed by atoms with E-state index in [0.717, 1.165) is 49.2 Å². The monoisotopic (exact) mass is 424 g/mol. The van der Waals surface area contributed by atoms with Crippen LogP contribution < -0.4 is 5.32 Å². The molecule has 0 bridgehead atoms. The summed E-state index contributed by atoms with van der Waals surface area (Å²) in [4.78, 5) is 18.2. The van der Waals surface area contributed by atoms with Crippen molar-refractivity contribution in [3.8, 4) is 0 Å². The fourth-order valence-electron chi connectivity index (χ4n) is 3.32. The van der Waals surface area contributed by atoms with Gasteiger partial charge in [-0.15, -0.1) is 24.8 Å². The number of nitro benzene ring substituents is 1. The first-order valence-corrected chi connectivity index (χ1v) is 9.07. The lowest BCUT2D eigenvalue weighted by molar-refractivity contribution is -0.383. The van der Waals surface area contributed by atoms with Crippen molar-refractivity contribution in [1.82, 2.24) is 9.88 Å². The van der Waals surface area contributed by atoms with E-state index < -0.39 is 0 Å². The maximum absolute atomic E-state index is 11.5. The van der Waals surface area contributed by atoms with Crippen LogP contribution in [0.4, 0.5) is 11.4 Å². The minimum absolute atomic E-state index is 0. The number of rotatable bonds is 8. The van der Waals surface area contributed by atoms with Crippen LogP contribution in [0.3, 0.4) is 0 Å². The zero-order chi connectivity index (χ0) is 18.5. The second-order valence-electron chi connectivity index (χ2n) is 6.24. The molecule has 0 aliphatic rings. The lowest BCUT2D eigenvalue weighted by atomic mass is 10.1. The lowest BCUT2D eigenvalue weighted by Gasteiger charge is -2.18. The summed E-state index contributed by atoms with van der Waals surface area (Å²) in [6, 6.07) is 12.8. The molecule has 0 radical (unpaired) electrons. The molecule has 0 aliphatic carbocycles. The number of anilines is 1. The molecule has 0 spiro atoms. The molecular weight excluding hydrogens is 399 g/mol. The number of hydrogen-bond donors (Lipinski definition) is 1. The topological polar surface area (TPSA) is 71.3 Å². The van der Waals surface area contributed by atoms with Crippen LogP contribution in [0.15, 0.2) is 42.5 Å². The Morgan fingerprint density at radius 3 is 2.39 bits per heavy atom. The standard InChI is InChI=1S/C20H24N4O2.2ClH/c1-3-23(4-2)14-8-13-21-20-15-9-5-6-10-16(15)22-17-11-7-12-18(19(17)20)24(25)26;;/h5-7,9-12H,3-4,8,13-14H2,1-2H3,(H,21,22);2*1H. The van der Waals surface area contributed by atoms with Gasteiger partial charge >= 0.3 is 0 Å². The van der Waals surface area contributed by atoms with E-state index in [4.69, 9.17) is 0 Å². The normalized spacial score (nSPS) is 10.5. The van der Waals surface area contributed by atoms with Gasteiger partial charge < -0.3 is 10.2 Å². The van der Waals surface area contributed by atoms with Crippen LogP contribution in [-0.2, 0) is 0 Å². The average Bonchev–Trinajstić information content (AvgIpc) is 2.66. The third kappa shape index (κ3) is 5.01. The predicted molar refractivity (Wildman–Crippen MR) is 121 cm³/mol. The van der Waals surface area contributed by atoms with E-state index in [0.29, 0.717) is 10.9 Å². The summed E-state index contributed by atoms with van der Waals surface area (Å²) in [5, 5.41) is 16.5. The highest BCUT2D eigenvalue weighted by molar-refractivity contribution is 6.11. The number of nitrogens with one attached hydrogen (secondary N) is 1. The fraction of sp³-hybridized carbons (Fsp3) is 0.350. The van der Waals surface area contributed by atoms with Gasteiger partial charge in [-0.3, -0.25) is 10.1 Å². The largest absolute Gasteiger partial charge is 0.384 e. The van der Waals surface area contributed by atoms with Crippen LogP contribution in [0.5, 0.6) is 0 Å². The first-order valence-electron chi connectivity index (χ1n) is 9.07. The number of hydrogen-bond acceptors (Lipinski definition) is 5. The zero-order valence-corrected chi connectivity index (χ0v) is 17.7. The van der Waals surface area contributed by atoms with Gasteiger partial charge in [-0.2, -0.15) is 0 Å². The summed E-state index contributed by atoms with van der Waals surface area (Å²) in [6.07, 6.45) is 0.973. The maximum atomic E-state index is 11.5. The van der Waals surface area contributed by atoms with Crippen molar-refractivity contribution in [2.24, 2.45) is 0 Å². The predicted octanol–water partition coefficient (Wildman–Crippen LogP) is 5.28. The molecule has 8 heteroatoms. The van der Waals surface area contributed by atoms with E-state index in [2.05, 4.69) is 29.0 Å². The number of aromatic nitrogens is 1. The van der Waals surface area contributed by atoms with Crippen LogP contribution >= 0.6 is 24.8 Å². The Morgan fingerprint density at radius 1 is 1.04 bits per heavy atom. The molecule has 0 atom stereocenters. The Balaban J connectivity index is 0.00000196. The van der Waals surface area contributed by atoms with E-state index in [1.54, 1.807) is 12.1 Å². The van der Waals surface area contributed by atoms with Crippen molar-refractivity contribution in [2.75, 3.05) is 31.5 Å². The van der Waals surface area contributed by atoms with Gasteiger partial charge in [-0.1, -0.05) is 38.1 Å². The van der Waals surface area contributed by atoms with Crippen molar-refractivity contribution in [3.63, 3.8) is 0 Å². The van der Waals surface area contributed by atoms with Gasteiger partial charge in [0.05, 0.1) is 21.6 Å². The van der Waals surface area contributed by atoms with Gasteiger partial charge in [-0.05, 0) is 38.2 Å². The lowest BCUT2D eigenvalue weighted by Crippen LogP contribution is -2.25. The van der Waals surface area contributed by atoms with Gasteiger partial charge in [0.15, 0.2) is 0 Å². The van der Waals surface area contributed by atoms with Crippen LogP contribution in [-0.4, -0.2) is 41.0 Å². The van der Waals surface area contributed by atoms with Crippen molar-refractivity contribution in [2.45, 2.75) is 20.3 Å². The summed E-state index contributed by atoms with van der Waals surface area (Å²) in [6.45, 7) is 8.13. The third-order valence-corrected chi connectivity index (χ3v) is 4.73. The smallest absolute Gasteiger partial charge is 0.280 e. The number of fused-ring (bicyclic) bond motifs is 2. The molecule has 3 aromatic rings. The van der Waals surface area contributed by atoms with Crippen LogP contribution in [0.2, 0.25) is 0 Å². The van der Waals surface area contributed by atoms with E-state index >= 15 is 0 Å². The molecular formula is C20H26Cl2N4O2. The second kappa shape index (κ2) is 11.0. The average molecular weight is 425 g/mol. The number of non-ortho nitro benzene ring substituents is 1. The first-order chi connectivity index (χ1) is 12.7. The van der Waals surface area contributed by atoms with Gasteiger partial charge in [0.1, 0.15) is 5.39 Å². The van der Waals surface area contributed by atoms with E-state index in [9.17, 15) is 10.1 Å². The molecule has 1 heterocycles. The van der Waals surface area contributed by atoms with Crippen LogP contribution in [0.1, 0.15) is 20.3 Å². The quantitative estimate of drug-likeness (QED) is 0.230. The molecule has 0 saturated carbocycles. The highest BCUT2D eigenvalue weighted by Gasteiger charge is 2.18. The summed E-state index contributed by atoms with van der Waals surface area (Å²) >= 11 is 0. The number of para-hydroxylation sites is 1. The fourth-order valence-corrected chi connectivity index (χ4v) is 3.32. The number of benzene rings is 2. The number of halogens is 2. The highest BCUT2D eigenvalue weighted by Crippen LogP contribution is 2.36. The van der Waals surface area contributed by atoms with Gasteiger partial charge in [-0.25, -0.2) is 4.98 Å².